The summed E-state index contributed by atoms with van der Waals surface area (Å²) in [6.45, 7) is 1.98. The van der Waals surface area contributed by atoms with Gasteiger partial charge < -0.3 is 10.1 Å². The molecule has 0 radical (unpaired) electrons. The molecule has 3 heteroatoms. The van der Waals surface area contributed by atoms with Crippen LogP contribution in [0.15, 0.2) is 0 Å². The van der Waals surface area contributed by atoms with E-state index in [1.165, 1.54) is 38.5 Å². The lowest BCUT2D eigenvalue weighted by Crippen LogP contribution is -2.53. The highest BCUT2D eigenvalue weighted by atomic mass is 16.5. The summed E-state index contributed by atoms with van der Waals surface area (Å²) >= 11 is 0. The lowest BCUT2D eigenvalue weighted by Gasteiger charge is -2.43. The average Bonchev–Trinajstić information content (AvgIpc) is 2.59. The largest absolute Gasteiger partial charge is 0.378 e. The van der Waals surface area contributed by atoms with Gasteiger partial charge in [0.1, 0.15) is 0 Å². The Labute approximate surface area is 98.5 Å². The summed E-state index contributed by atoms with van der Waals surface area (Å²) in [4.78, 5) is 2.81. The molecule has 3 rings (SSSR count). The van der Waals surface area contributed by atoms with Crippen molar-refractivity contribution in [1.82, 2.24) is 10.2 Å². The van der Waals surface area contributed by atoms with Crippen molar-refractivity contribution in [3.05, 3.63) is 0 Å². The van der Waals surface area contributed by atoms with E-state index < -0.39 is 0 Å². The van der Waals surface area contributed by atoms with Gasteiger partial charge in [0.25, 0.3) is 0 Å². The van der Waals surface area contributed by atoms with Crippen LogP contribution in [0.25, 0.3) is 0 Å². The molecule has 0 aromatic heterocycles. The van der Waals surface area contributed by atoms with Gasteiger partial charge in [0.15, 0.2) is 0 Å². The van der Waals surface area contributed by atoms with Crippen molar-refractivity contribution in [3.63, 3.8) is 0 Å². The molecule has 2 aliphatic heterocycles. The van der Waals surface area contributed by atoms with Gasteiger partial charge in [-0.3, -0.25) is 4.90 Å². The number of hydrogen-bond acceptors (Lipinski definition) is 3. The predicted molar refractivity (Wildman–Crippen MR) is 64.6 cm³/mol. The zero-order valence-electron chi connectivity index (χ0n) is 10.3. The SMILES string of the molecule is CNC1CCC(N2C3CCC2COC3)CC1. The van der Waals surface area contributed by atoms with Crippen LogP contribution in [0.1, 0.15) is 38.5 Å². The predicted octanol–water partition coefficient (Wildman–Crippen LogP) is 1.38. The third-order valence-electron chi connectivity index (χ3n) is 4.82. The Morgan fingerprint density at radius 1 is 0.875 bits per heavy atom. The lowest BCUT2D eigenvalue weighted by atomic mass is 9.89. The van der Waals surface area contributed by atoms with E-state index in [1.54, 1.807) is 0 Å². The molecule has 3 fully saturated rings. The molecule has 0 amide bonds. The molecular formula is C13H24N2O. The van der Waals surface area contributed by atoms with E-state index in [4.69, 9.17) is 4.74 Å². The molecular weight excluding hydrogens is 200 g/mol. The first-order valence-corrected chi connectivity index (χ1v) is 6.91. The number of fused-ring (bicyclic) bond motifs is 2. The number of hydrogen-bond donors (Lipinski definition) is 1. The van der Waals surface area contributed by atoms with Gasteiger partial charge in [0, 0.05) is 24.2 Å². The van der Waals surface area contributed by atoms with Gasteiger partial charge in [-0.15, -0.1) is 0 Å². The summed E-state index contributed by atoms with van der Waals surface area (Å²) in [5.41, 5.74) is 0. The maximum absolute atomic E-state index is 5.67. The first-order valence-electron chi connectivity index (χ1n) is 6.91. The second kappa shape index (κ2) is 4.63. The number of rotatable bonds is 2. The number of nitrogens with zero attached hydrogens (tertiary/aromatic N) is 1. The van der Waals surface area contributed by atoms with E-state index >= 15 is 0 Å². The fraction of sp³-hybridized carbons (Fsp3) is 1.00. The minimum Gasteiger partial charge on any atom is -0.378 e. The Kier molecular flexibility index (Phi) is 3.18. The van der Waals surface area contributed by atoms with Crippen LogP contribution in [0.5, 0.6) is 0 Å². The molecule has 2 bridgehead atoms. The highest BCUT2D eigenvalue weighted by Crippen LogP contribution is 2.35. The van der Waals surface area contributed by atoms with Crippen molar-refractivity contribution < 1.29 is 4.74 Å². The van der Waals surface area contributed by atoms with Gasteiger partial charge in [0.2, 0.25) is 0 Å². The van der Waals surface area contributed by atoms with E-state index in [1.807, 2.05) is 0 Å². The Morgan fingerprint density at radius 3 is 2.00 bits per heavy atom. The molecule has 92 valence electrons. The Bertz CT molecular complexity index is 222. The topological polar surface area (TPSA) is 24.5 Å². The van der Waals surface area contributed by atoms with Crippen molar-refractivity contribution >= 4 is 0 Å². The minimum absolute atomic E-state index is 0.745. The van der Waals surface area contributed by atoms with Gasteiger partial charge in [-0.2, -0.15) is 0 Å². The third-order valence-corrected chi connectivity index (χ3v) is 4.82. The van der Waals surface area contributed by atoms with E-state index in [9.17, 15) is 0 Å². The molecule has 2 atom stereocenters. The van der Waals surface area contributed by atoms with Gasteiger partial charge >= 0.3 is 0 Å². The van der Waals surface area contributed by atoms with Crippen LogP contribution >= 0.6 is 0 Å². The van der Waals surface area contributed by atoms with Crippen molar-refractivity contribution in [3.8, 4) is 0 Å². The van der Waals surface area contributed by atoms with Crippen LogP contribution in [0.2, 0.25) is 0 Å². The molecule has 0 spiro atoms. The quantitative estimate of drug-likeness (QED) is 0.767. The van der Waals surface area contributed by atoms with Crippen LogP contribution in [0.4, 0.5) is 0 Å². The standard InChI is InChI=1S/C13H24N2O/c1-14-10-2-4-11(5-3-10)15-12-6-7-13(15)9-16-8-12/h10-14H,2-9H2,1H3. The summed E-state index contributed by atoms with van der Waals surface area (Å²) < 4.78 is 5.67. The van der Waals surface area contributed by atoms with Gasteiger partial charge in [-0.05, 0) is 45.6 Å². The van der Waals surface area contributed by atoms with Crippen molar-refractivity contribution in [2.24, 2.45) is 0 Å². The molecule has 3 nitrogen and oxygen atoms in total. The fourth-order valence-corrected chi connectivity index (χ4v) is 3.92. The Morgan fingerprint density at radius 2 is 1.44 bits per heavy atom. The van der Waals surface area contributed by atoms with Gasteiger partial charge in [-0.25, -0.2) is 0 Å². The third kappa shape index (κ3) is 1.89. The van der Waals surface area contributed by atoms with E-state index in [0.29, 0.717) is 0 Å². The Balaban J connectivity index is 1.61. The maximum atomic E-state index is 5.67. The molecule has 2 heterocycles. The summed E-state index contributed by atoms with van der Waals surface area (Å²) in [7, 11) is 2.10. The Hall–Kier alpha value is -0.120. The monoisotopic (exact) mass is 224 g/mol. The van der Waals surface area contributed by atoms with Crippen LogP contribution < -0.4 is 5.32 Å². The summed E-state index contributed by atoms with van der Waals surface area (Å²) in [6, 6.07) is 3.12. The van der Waals surface area contributed by atoms with E-state index in [-0.39, 0.29) is 0 Å². The molecule has 3 aliphatic rings. The zero-order chi connectivity index (χ0) is 11.0. The number of morpholine rings is 1. The molecule has 0 aromatic rings. The molecule has 16 heavy (non-hydrogen) atoms. The van der Waals surface area contributed by atoms with E-state index in [2.05, 4.69) is 17.3 Å². The highest BCUT2D eigenvalue weighted by molar-refractivity contribution is 4.96. The van der Waals surface area contributed by atoms with Crippen molar-refractivity contribution in [1.29, 1.82) is 0 Å². The first kappa shape index (κ1) is 11.0. The zero-order valence-corrected chi connectivity index (χ0v) is 10.3. The summed E-state index contributed by atoms with van der Waals surface area (Å²) in [6.07, 6.45) is 8.24. The maximum Gasteiger partial charge on any atom is 0.0622 e. The van der Waals surface area contributed by atoms with E-state index in [0.717, 1.165) is 37.4 Å². The van der Waals surface area contributed by atoms with Gasteiger partial charge in [0.05, 0.1) is 13.2 Å². The molecule has 1 saturated carbocycles. The summed E-state index contributed by atoms with van der Waals surface area (Å²) in [5, 5.41) is 3.42. The second-order valence-electron chi connectivity index (χ2n) is 5.66. The highest BCUT2D eigenvalue weighted by Gasteiger charge is 2.41. The minimum atomic E-state index is 0.745. The lowest BCUT2D eigenvalue weighted by molar-refractivity contribution is -0.0445. The van der Waals surface area contributed by atoms with Crippen LogP contribution in [0, 0.1) is 0 Å². The molecule has 1 aliphatic carbocycles. The van der Waals surface area contributed by atoms with Crippen molar-refractivity contribution in [2.75, 3.05) is 20.3 Å². The summed E-state index contributed by atoms with van der Waals surface area (Å²) in [5.74, 6) is 0. The van der Waals surface area contributed by atoms with Gasteiger partial charge in [-0.1, -0.05) is 0 Å². The van der Waals surface area contributed by atoms with Crippen LogP contribution in [0.3, 0.4) is 0 Å². The van der Waals surface area contributed by atoms with Crippen LogP contribution in [-0.4, -0.2) is 49.3 Å². The first-order chi connectivity index (χ1) is 7.88. The normalized spacial score (nSPS) is 44.8. The average molecular weight is 224 g/mol. The van der Waals surface area contributed by atoms with Crippen molar-refractivity contribution in [2.45, 2.75) is 62.7 Å². The molecule has 0 aromatic carbocycles. The molecule has 1 N–H and O–H groups in total. The molecule has 2 saturated heterocycles. The second-order valence-corrected chi connectivity index (χ2v) is 5.66. The molecule has 2 unspecified atom stereocenters. The number of nitrogens with one attached hydrogen (secondary N) is 1. The number of ether oxygens (including phenoxy) is 1. The smallest absolute Gasteiger partial charge is 0.0622 e. The van der Waals surface area contributed by atoms with Crippen LogP contribution in [-0.2, 0) is 4.74 Å². The fourth-order valence-electron chi connectivity index (χ4n) is 3.92.